The van der Waals surface area contributed by atoms with Gasteiger partial charge in [0.15, 0.2) is 5.82 Å². The summed E-state index contributed by atoms with van der Waals surface area (Å²) in [5.74, 6) is 1.69. The number of hydrogen-bond donors (Lipinski definition) is 0. The Morgan fingerprint density at radius 3 is 1.91 bits per heavy atom. The first-order valence-electron chi connectivity index (χ1n) is 13.5. The van der Waals surface area contributed by atoms with Gasteiger partial charge in [-0.3, -0.25) is 0 Å². The lowest BCUT2D eigenvalue weighted by atomic mass is 10.1. The molecule has 0 bridgehead atoms. The molecule has 0 unspecified atom stereocenters. The van der Waals surface area contributed by atoms with Gasteiger partial charge in [-0.1, -0.05) is 90.2 Å². The molecule has 2 rings (SSSR count). The van der Waals surface area contributed by atoms with Crippen LogP contribution >= 0.6 is 0 Å². The molecule has 0 aliphatic rings. The minimum atomic E-state index is 0.718. The van der Waals surface area contributed by atoms with Gasteiger partial charge in [-0.2, -0.15) is 0 Å². The monoisotopic (exact) mass is 450 g/mol. The minimum Gasteiger partial charge on any atom is -0.493 e. The SMILES string of the molecule is CCCCCCCC/C=C\CCOc1ccc(-c2ncc(CCCCCCCC)cn2)cc1. The number of ether oxygens (including phenoxy) is 1. The molecule has 0 aliphatic heterocycles. The number of nitrogens with zero attached hydrogens (tertiary/aromatic N) is 2. The average molecular weight is 451 g/mol. The number of aromatic nitrogens is 2. The van der Waals surface area contributed by atoms with Gasteiger partial charge < -0.3 is 4.74 Å². The summed E-state index contributed by atoms with van der Waals surface area (Å²) in [7, 11) is 0. The maximum atomic E-state index is 5.88. The van der Waals surface area contributed by atoms with Crippen molar-refractivity contribution in [2.45, 2.75) is 110 Å². The number of unbranched alkanes of at least 4 members (excludes halogenated alkanes) is 11. The predicted molar refractivity (Wildman–Crippen MR) is 142 cm³/mol. The van der Waals surface area contributed by atoms with Crippen molar-refractivity contribution in [3.05, 3.63) is 54.4 Å². The standard InChI is InChI=1S/C30H46N2O/c1-3-5-7-9-11-12-13-14-16-18-24-33-29-22-20-28(21-23-29)30-31-25-27(26-32-30)19-17-15-10-8-6-4-2/h14,16,20-23,25-26H,3-13,15,17-19,24H2,1-2H3/b16-14-. The van der Waals surface area contributed by atoms with Gasteiger partial charge in [-0.25, -0.2) is 9.97 Å². The molecule has 1 aromatic heterocycles. The minimum absolute atomic E-state index is 0.718. The molecule has 0 atom stereocenters. The van der Waals surface area contributed by atoms with Crippen LogP contribution in [0.3, 0.4) is 0 Å². The van der Waals surface area contributed by atoms with Crippen molar-refractivity contribution < 1.29 is 4.74 Å². The molecule has 0 saturated heterocycles. The average Bonchev–Trinajstić information content (AvgIpc) is 2.85. The maximum Gasteiger partial charge on any atom is 0.159 e. The lowest BCUT2D eigenvalue weighted by Gasteiger charge is -2.06. The largest absolute Gasteiger partial charge is 0.493 e. The Bertz CT molecular complexity index is 737. The van der Waals surface area contributed by atoms with Crippen LogP contribution in [0.5, 0.6) is 5.75 Å². The van der Waals surface area contributed by atoms with Crippen LogP contribution in [0, 0.1) is 0 Å². The van der Waals surface area contributed by atoms with E-state index in [1.165, 1.54) is 89.0 Å². The van der Waals surface area contributed by atoms with E-state index in [0.717, 1.165) is 36.6 Å². The van der Waals surface area contributed by atoms with Gasteiger partial charge in [0.2, 0.25) is 0 Å². The second kappa shape index (κ2) is 18.3. The first kappa shape index (κ1) is 27.1. The van der Waals surface area contributed by atoms with E-state index in [1.807, 2.05) is 36.7 Å². The molecule has 0 N–H and O–H groups in total. The highest BCUT2D eigenvalue weighted by atomic mass is 16.5. The Balaban J connectivity index is 1.60. The van der Waals surface area contributed by atoms with Gasteiger partial charge in [0.1, 0.15) is 5.75 Å². The molecule has 33 heavy (non-hydrogen) atoms. The van der Waals surface area contributed by atoms with Crippen molar-refractivity contribution in [1.82, 2.24) is 9.97 Å². The molecule has 1 aromatic carbocycles. The molecule has 0 fully saturated rings. The predicted octanol–water partition coefficient (Wildman–Crippen LogP) is 9.12. The summed E-state index contributed by atoms with van der Waals surface area (Å²) in [6.07, 6.45) is 27.8. The zero-order valence-corrected chi connectivity index (χ0v) is 21.2. The zero-order chi connectivity index (χ0) is 23.4. The fourth-order valence-corrected chi connectivity index (χ4v) is 3.97. The molecule has 3 heteroatoms. The summed E-state index contributed by atoms with van der Waals surface area (Å²) in [4.78, 5) is 9.15. The molecule has 0 aliphatic carbocycles. The molecular weight excluding hydrogens is 404 g/mol. The van der Waals surface area contributed by atoms with Gasteiger partial charge in [0, 0.05) is 18.0 Å². The van der Waals surface area contributed by atoms with Crippen LogP contribution in [0.4, 0.5) is 0 Å². The van der Waals surface area contributed by atoms with Crippen LogP contribution < -0.4 is 4.74 Å². The summed E-state index contributed by atoms with van der Waals surface area (Å²) < 4.78 is 5.88. The summed E-state index contributed by atoms with van der Waals surface area (Å²) in [6.45, 7) is 5.25. The summed E-state index contributed by atoms with van der Waals surface area (Å²) in [5, 5.41) is 0. The molecule has 2 aromatic rings. The van der Waals surface area contributed by atoms with Crippen LogP contribution in [0.25, 0.3) is 11.4 Å². The number of aryl methyl sites for hydroxylation is 1. The third kappa shape index (κ3) is 12.6. The van der Waals surface area contributed by atoms with Crippen LogP contribution in [-0.2, 0) is 6.42 Å². The molecule has 3 nitrogen and oxygen atoms in total. The number of rotatable bonds is 19. The highest BCUT2D eigenvalue weighted by Crippen LogP contribution is 2.20. The number of allylic oxidation sites excluding steroid dienone is 1. The van der Waals surface area contributed by atoms with E-state index < -0.39 is 0 Å². The smallest absolute Gasteiger partial charge is 0.159 e. The fraction of sp³-hybridized carbons (Fsp3) is 0.600. The quantitative estimate of drug-likeness (QED) is 0.158. The topological polar surface area (TPSA) is 35.0 Å². The Morgan fingerprint density at radius 1 is 0.667 bits per heavy atom. The molecule has 182 valence electrons. The van der Waals surface area contributed by atoms with Gasteiger partial charge in [-0.05, 0) is 61.9 Å². The van der Waals surface area contributed by atoms with Crippen LogP contribution in [0.15, 0.2) is 48.8 Å². The molecule has 0 spiro atoms. The van der Waals surface area contributed by atoms with Crippen molar-refractivity contribution in [2.75, 3.05) is 6.61 Å². The van der Waals surface area contributed by atoms with Crippen molar-refractivity contribution >= 4 is 0 Å². The van der Waals surface area contributed by atoms with E-state index in [2.05, 4.69) is 36.0 Å². The highest BCUT2D eigenvalue weighted by Gasteiger charge is 2.03. The van der Waals surface area contributed by atoms with E-state index in [-0.39, 0.29) is 0 Å². The zero-order valence-electron chi connectivity index (χ0n) is 21.2. The summed E-state index contributed by atoms with van der Waals surface area (Å²) in [6, 6.07) is 8.13. The lowest BCUT2D eigenvalue weighted by molar-refractivity contribution is 0.325. The van der Waals surface area contributed by atoms with E-state index >= 15 is 0 Å². The first-order chi connectivity index (χ1) is 16.3. The van der Waals surface area contributed by atoms with Gasteiger partial charge >= 0.3 is 0 Å². The van der Waals surface area contributed by atoms with Crippen molar-refractivity contribution in [3.63, 3.8) is 0 Å². The Labute approximate surface area is 203 Å². The van der Waals surface area contributed by atoms with E-state index in [0.29, 0.717) is 0 Å². The van der Waals surface area contributed by atoms with E-state index in [4.69, 9.17) is 4.74 Å². The number of benzene rings is 1. The molecule has 0 radical (unpaired) electrons. The van der Waals surface area contributed by atoms with Crippen molar-refractivity contribution in [1.29, 1.82) is 0 Å². The van der Waals surface area contributed by atoms with Crippen molar-refractivity contribution in [3.8, 4) is 17.1 Å². The summed E-state index contributed by atoms with van der Waals surface area (Å²) in [5.41, 5.74) is 2.27. The fourth-order valence-electron chi connectivity index (χ4n) is 3.97. The first-order valence-corrected chi connectivity index (χ1v) is 13.5. The molecule has 1 heterocycles. The van der Waals surface area contributed by atoms with Gasteiger partial charge in [-0.15, -0.1) is 0 Å². The second-order valence-corrected chi connectivity index (χ2v) is 9.12. The molecule has 0 amide bonds. The van der Waals surface area contributed by atoms with Crippen LogP contribution in [0.2, 0.25) is 0 Å². The van der Waals surface area contributed by atoms with E-state index in [1.54, 1.807) is 0 Å². The highest BCUT2D eigenvalue weighted by molar-refractivity contribution is 5.55. The van der Waals surface area contributed by atoms with Crippen molar-refractivity contribution in [2.24, 2.45) is 0 Å². The normalized spacial score (nSPS) is 11.3. The third-order valence-corrected chi connectivity index (χ3v) is 6.08. The number of hydrogen-bond acceptors (Lipinski definition) is 3. The van der Waals surface area contributed by atoms with Gasteiger partial charge in [0.05, 0.1) is 6.61 Å². The molecular formula is C30H46N2O. The molecule has 0 saturated carbocycles. The van der Waals surface area contributed by atoms with E-state index in [9.17, 15) is 0 Å². The van der Waals surface area contributed by atoms with Gasteiger partial charge in [0.25, 0.3) is 0 Å². The van der Waals surface area contributed by atoms with Crippen LogP contribution in [0.1, 0.15) is 109 Å². The Kier molecular flexibility index (Phi) is 15.0. The maximum absolute atomic E-state index is 5.88. The lowest BCUT2D eigenvalue weighted by Crippen LogP contribution is -1.96. The Hall–Kier alpha value is -2.16. The van der Waals surface area contributed by atoms with Crippen LogP contribution in [-0.4, -0.2) is 16.6 Å². The third-order valence-electron chi connectivity index (χ3n) is 6.08. The Morgan fingerprint density at radius 2 is 1.24 bits per heavy atom. The summed E-state index contributed by atoms with van der Waals surface area (Å²) >= 11 is 0. The second-order valence-electron chi connectivity index (χ2n) is 9.12.